The number of nitrogens with zero attached hydrogens (tertiary/aromatic N) is 3. The summed E-state index contributed by atoms with van der Waals surface area (Å²) in [7, 11) is 0. The summed E-state index contributed by atoms with van der Waals surface area (Å²) >= 11 is 0. The Morgan fingerprint density at radius 2 is 2.42 bits per heavy atom. The summed E-state index contributed by atoms with van der Waals surface area (Å²) in [6.45, 7) is 5.08. The van der Waals surface area contributed by atoms with E-state index in [9.17, 15) is 4.79 Å². The van der Waals surface area contributed by atoms with Gasteiger partial charge < -0.3 is 19.6 Å². The van der Waals surface area contributed by atoms with Crippen LogP contribution in [-0.2, 0) is 17.9 Å². The number of likely N-dealkylation sites (tertiary alicyclic amines) is 1. The number of hydrogen-bond donors (Lipinski definition) is 2. The van der Waals surface area contributed by atoms with Gasteiger partial charge in [0.25, 0.3) is 0 Å². The second-order valence-electron chi connectivity index (χ2n) is 6.04. The number of rotatable bonds is 7. The van der Waals surface area contributed by atoms with E-state index in [2.05, 4.69) is 25.7 Å². The lowest BCUT2D eigenvalue weighted by Crippen LogP contribution is -2.48. The van der Waals surface area contributed by atoms with Crippen LogP contribution >= 0.6 is 0 Å². The second kappa shape index (κ2) is 8.07. The van der Waals surface area contributed by atoms with E-state index >= 15 is 0 Å². The zero-order chi connectivity index (χ0) is 16.8. The van der Waals surface area contributed by atoms with Gasteiger partial charge in [0.05, 0.1) is 25.9 Å². The Bertz CT molecular complexity index is 640. The van der Waals surface area contributed by atoms with Gasteiger partial charge in [-0.3, -0.25) is 9.69 Å². The summed E-state index contributed by atoms with van der Waals surface area (Å²) in [5, 5.41) is 10.1. The van der Waals surface area contributed by atoms with Gasteiger partial charge in [0, 0.05) is 19.5 Å². The molecule has 1 saturated heterocycles. The van der Waals surface area contributed by atoms with E-state index in [4.69, 9.17) is 8.94 Å². The fourth-order valence-corrected chi connectivity index (χ4v) is 2.87. The first kappa shape index (κ1) is 16.7. The van der Waals surface area contributed by atoms with Crippen molar-refractivity contribution in [3.05, 3.63) is 35.9 Å². The molecule has 1 fully saturated rings. The van der Waals surface area contributed by atoms with Crippen molar-refractivity contribution in [1.82, 2.24) is 25.7 Å². The molecule has 1 aliphatic heterocycles. The number of carbonyl (C=O) groups is 1. The molecule has 0 radical (unpaired) electrons. The third-order valence-electron chi connectivity index (χ3n) is 4.03. The second-order valence-corrected chi connectivity index (χ2v) is 6.04. The van der Waals surface area contributed by atoms with Crippen LogP contribution in [0.4, 0.5) is 0 Å². The van der Waals surface area contributed by atoms with Crippen LogP contribution in [0, 0.1) is 6.92 Å². The van der Waals surface area contributed by atoms with E-state index in [0.29, 0.717) is 37.4 Å². The summed E-state index contributed by atoms with van der Waals surface area (Å²) in [6.07, 6.45) is 3.75. The fourth-order valence-electron chi connectivity index (χ4n) is 2.87. The molecule has 3 rings (SSSR count). The molecule has 2 aromatic rings. The van der Waals surface area contributed by atoms with Crippen LogP contribution in [0.5, 0.6) is 0 Å². The van der Waals surface area contributed by atoms with Crippen LogP contribution in [0.25, 0.3) is 0 Å². The highest BCUT2D eigenvalue weighted by Gasteiger charge is 2.21. The van der Waals surface area contributed by atoms with Crippen molar-refractivity contribution in [3.63, 3.8) is 0 Å². The molecule has 24 heavy (non-hydrogen) atoms. The van der Waals surface area contributed by atoms with Gasteiger partial charge in [-0.15, -0.1) is 0 Å². The predicted octanol–water partition coefficient (Wildman–Crippen LogP) is 0.841. The molecule has 0 aromatic carbocycles. The normalized spacial score (nSPS) is 18.6. The van der Waals surface area contributed by atoms with Gasteiger partial charge in [0.1, 0.15) is 5.76 Å². The molecule has 3 heterocycles. The first-order chi connectivity index (χ1) is 11.7. The summed E-state index contributed by atoms with van der Waals surface area (Å²) < 4.78 is 10.2. The predicted molar refractivity (Wildman–Crippen MR) is 85.9 cm³/mol. The Morgan fingerprint density at radius 1 is 1.50 bits per heavy atom. The van der Waals surface area contributed by atoms with Crippen LogP contribution in [0.3, 0.4) is 0 Å². The fraction of sp³-hybridized carbons (Fsp3) is 0.562. The van der Waals surface area contributed by atoms with Crippen molar-refractivity contribution in [2.24, 2.45) is 0 Å². The van der Waals surface area contributed by atoms with Gasteiger partial charge in [-0.25, -0.2) is 0 Å². The van der Waals surface area contributed by atoms with Crippen LogP contribution in [0.1, 0.15) is 30.3 Å². The van der Waals surface area contributed by atoms with E-state index in [-0.39, 0.29) is 5.91 Å². The standard InChI is InChI=1S/C16H23N5O3/c1-12-19-15(20-24-12)11-21-6-2-4-13(10-21)17-9-16(22)18-8-14-5-3-7-23-14/h3,5,7,13,17H,2,4,6,8-11H2,1H3,(H,18,22)/t13-/m0/s1. The molecule has 1 amide bonds. The number of amides is 1. The van der Waals surface area contributed by atoms with Crippen molar-refractivity contribution in [1.29, 1.82) is 0 Å². The molecule has 0 spiro atoms. The van der Waals surface area contributed by atoms with E-state index in [1.165, 1.54) is 0 Å². The highest BCUT2D eigenvalue weighted by Crippen LogP contribution is 2.12. The van der Waals surface area contributed by atoms with Crippen LogP contribution in [0.2, 0.25) is 0 Å². The first-order valence-electron chi connectivity index (χ1n) is 8.23. The van der Waals surface area contributed by atoms with Gasteiger partial charge in [-0.2, -0.15) is 4.98 Å². The van der Waals surface area contributed by atoms with Crippen LogP contribution in [0.15, 0.2) is 27.3 Å². The number of aromatic nitrogens is 2. The van der Waals surface area contributed by atoms with Crippen LogP contribution in [-0.4, -0.2) is 46.6 Å². The van der Waals surface area contributed by atoms with E-state index in [0.717, 1.165) is 31.7 Å². The van der Waals surface area contributed by atoms with Crippen molar-refractivity contribution < 1.29 is 13.7 Å². The Kier molecular flexibility index (Phi) is 5.60. The number of furan rings is 1. The topological polar surface area (TPSA) is 96.4 Å². The molecule has 8 heteroatoms. The molecule has 2 aromatic heterocycles. The minimum atomic E-state index is -0.0303. The highest BCUT2D eigenvalue weighted by atomic mass is 16.5. The van der Waals surface area contributed by atoms with Crippen molar-refractivity contribution in [3.8, 4) is 0 Å². The molecule has 1 aliphatic rings. The monoisotopic (exact) mass is 333 g/mol. The van der Waals surface area contributed by atoms with Crippen molar-refractivity contribution in [2.45, 2.75) is 38.9 Å². The molecule has 0 aliphatic carbocycles. The summed E-state index contributed by atoms with van der Waals surface area (Å²) in [5.74, 6) is 2.02. The van der Waals surface area contributed by atoms with E-state index in [1.807, 2.05) is 12.1 Å². The molecule has 130 valence electrons. The minimum Gasteiger partial charge on any atom is -0.467 e. The first-order valence-corrected chi connectivity index (χ1v) is 8.23. The quantitative estimate of drug-likeness (QED) is 0.775. The zero-order valence-corrected chi connectivity index (χ0v) is 13.8. The Hall–Kier alpha value is -2.19. The average Bonchev–Trinajstić information content (AvgIpc) is 3.23. The van der Waals surface area contributed by atoms with Gasteiger partial charge >= 0.3 is 0 Å². The zero-order valence-electron chi connectivity index (χ0n) is 13.8. The lowest BCUT2D eigenvalue weighted by atomic mass is 10.1. The maximum atomic E-state index is 11.9. The summed E-state index contributed by atoms with van der Waals surface area (Å²) in [4.78, 5) is 18.4. The van der Waals surface area contributed by atoms with Gasteiger partial charge in [-0.05, 0) is 31.5 Å². The number of aryl methyl sites for hydroxylation is 1. The third-order valence-corrected chi connectivity index (χ3v) is 4.03. The Labute approximate surface area is 140 Å². The highest BCUT2D eigenvalue weighted by molar-refractivity contribution is 5.77. The number of piperidine rings is 1. The van der Waals surface area contributed by atoms with Crippen molar-refractivity contribution in [2.75, 3.05) is 19.6 Å². The molecule has 0 bridgehead atoms. The molecule has 0 saturated carbocycles. The molecule has 1 atom stereocenters. The Morgan fingerprint density at radius 3 is 3.17 bits per heavy atom. The van der Waals surface area contributed by atoms with Gasteiger partial charge in [0.2, 0.25) is 11.8 Å². The largest absolute Gasteiger partial charge is 0.467 e. The number of nitrogens with one attached hydrogen (secondary N) is 2. The molecular formula is C16H23N5O3. The minimum absolute atomic E-state index is 0.0303. The summed E-state index contributed by atoms with van der Waals surface area (Å²) in [6, 6.07) is 3.94. The molecule has 8 nitrogen and oxygen atoms in total. The lowest BCUT2D eigenvalue weighted by Gasteiger charge is -2.32. The maximum absolute atomic E-state index is 11.9. The summed E-state index contributed by atoms with van der Waals surface area (Å²) in [5.41, 5.74) is 0. The van der Waals surface area contributed by atoms with Gasteiger partial charge in [0.15, 0.2) is 5.82 Å². The number of hydrogen-bond acceptors (Lipinski definition) is 7. The molecular weight excluding hydrogens is 310 g/mol. The third kappa shape index (κ3) is 4.90. The van der Waals surface area contributed by atoms with E-state index < -0.39 is 0 Å². The average molecular weight is 333 g/mol. The van der Waals surface area contributed by atoms with Gasteiger partial charge in [-0.1, -0.05) is 5.16 Å². The lowest BCUT2D eigenvalue weighted by molar-refractivity contribution is -0.120. The Balaban J connectivity index is 1.37. The number of carbonyl (C=O) groups excluding carboxylic acids is 1. The van der Waals surface area contributed by atoms with E-state index in [1.54, 1.807) is 13.2 Å². The maximum Gasteiger partial charge on any atom is 0.234 e. The molecule has 0 unspecified atom stereocenters. The smallest absolute Gasteiger partial charge is 0.234 e. The SMILES string of the molecule is Cc1nc(CN2CCC[C@H](NCC(=O)NCc3ccco3)C2)no1. The molecule has 2 N–H and O–H groups in total. The van der Waals surface area contributed by atoms with Crippen LogP contribution < -0.4 is 10.6 Å². The van der Waals surface area contributed by atoms with Crippen molar-refractivity contribution >= 4 is 5.91 Å².